The Morgan fingerprint density at radius 3 is 1.89 bits per heavy atom. The lowest BCUT2D eigenvalue weighted by Gasteiger charge is -2.26. The number of aromatic nitrogens is 1. The summed E-state index contributed by atoms with van der Waals surface area (Å²) in [4.78, 5) is 0. The summed E-state index contributed by atoms with van der Waals surface area (Å²) in [5.41, 5.74) is 8.18. The van der Waals surface area contributed by atoms with E-state index >= 15 is 0 Å². The molecule has 0 radical (unpaired) electrons. The number of hydrogen-bond acceptors (Lipinski definition) is 2. The van der Waals surface area contributed by atoms with E-state index in [1.807, 2.05) is 30.3 Å². The van der Waals surface area contributed by atoms with Crippen LogP contribution in [0.3, 0.4) is 0 Å². The predicted molar refractivity (Wildman–Crippen MR) is 201 cm³/mol. The van der Waals surface area contributed by atoms with Crippen molar-refractivity contribution < 1.29 is 15.4 Å². The maximum absolute atomic E-state index is 8.89. The van der Waals surface area contributed by atoms with Gasteiger partial charge in [-0.2, -0.15) is 0 Å². The molecule has 2 heterocycles. The van der Waals surface area contributed by atoms with Crippen molar-refractivity contribution in [1.29, 1.82) is 0 Å². The van der Waals surface area contributed by atoms with Crippen LogP contribution in [-0.2, 0) is 10.8 Å². The maximum Gasteiger partial charge on any atom is 0.137 e. The van der Waals surface area contributed by atoms with Gasteiger partial charge < -0.3 is 14.3 Å². The fourth-order valence-corrected chi connectivity index (χ4v) is 6.33. The molecule has 0 spiro atoms. The highest BCUT2D eigenvalue weighted by molar-refractivity contribution is 6.13. The number of fused-ring (bicyclic) bond motifs is 6. The molecule has 0 saturated heterocycles. The van der Waals surface area contributed by atoms with Gasteiger partial charge in [0.2, 0.25) is 0 Å². The van der Waals surface area contributed by atoms with Crippen LogP contribution in [0.15, 0.2) is 132 Å². The van der Waals surface area contributed by atoms with Crippen molar-refractivity contribution in [1.82, 2.24) is 4.57 Å². The zero-order valence-electron chi connectivity index (χ0n) is 35.4. The van der Waals surface area contributed by atoms with Crippen LogP contribution in [0.1, 0.15) is 63.6 Å². The number of hydrogen-bond donors (Lipinski definition) is 1. The van der Waals surface area contributed by atoms with Crippen LogP contribution in [-0.4, -0.2) is 4.57 Å². The van der Waals surface area contributed by atoms with E-state index < -0.39 is 24.2 Å². The van der Waals surface area contributed by atoms with Crippen LogP contribution < -0.4 is 5.32 Å². The quantitative estimate of drug-likeness (QED) is 0.212. The van der Waals surface area contributed by atoms with Crippen molar-refractivity contribution >= 4 is 55.1 Å². The minimum Gasteiger partial charge on any atom is -0.456 e. The minimum atomic E-state index is -0.473. The molecule has 0 aliphatic heterocycles. The van der Waals surface area contributed by atoms with Crippen LogP contribution in [0.5, 0.6) is 0 Å². The highest BCUT2D eigenvalue weighted by Gasteiger charge is 2.22. The van der Waals surface area contributed by atoms with Gasteiger partial charge in [0.25, 0.3) is 0 Å². The summed E-state index contributed by atoms with van der Waals surface area (Å²) >= 11 is 0. The normalized spacial score (nSPS) is 14.9. The summed E-state index contributed by atoms with van der Waals surface area (Å²) in [6.07, 6.45) is 0. The predicted octanol–water partition coefficient (Wildman–Crippen LogP) is 12.7. The lowest BCUT2D eigenvalue weighted by Crippen LogP contribution is -2.16. The second-order valence-corrected chi connectivity index (χ2v) is 14.2. The number of para-hydroxylation sites is 2. The van der Waals surface area contributed by atoms with Gasteiger partial charge in [-0.1, -0.05) is 114 Å². The molecule has 0 bridgehead atoms. The molecule has 1 N–H and O–H groups in total. The molecule has 0 unspecified atom stereocenters. The molecular formula is C44H40N2O. The number of anilines is 2. The van der Waals surface area contributed by atoms with E-state index in [4.69, 9.17) is 15.4 Å². The van der Waals surface area contributed by atoms with E-state index in [1.54, 1.807) is 18.2 Å². The zero-order chi connectivity index (χ0) is 39.5. The van der Waals surface area contributed by atoms with E-state index in [0.717, 1.165) is 33.2 Å². The fraction of sp³-hybridized carbons (Fsp3) is 0.182. The van der Waals surface area contributed by atoms with Crippen molar-refractivity contribution in [2.75, 3.05) is 5.32 Å². The number of nitrogens with zero attached hydrogens (tertiary/aromatic N) is 1. The summed E-state index contributed by atoms with van der Waals surface area (Å²) in [5, 5.41) is 5.48. The smallest absolute Gasteiger partial charge is 0.137 e. The standard InChI is InChI=1S/C44H40N2O/c1-43(2,3)30-23-29(24-31(26-30)44(4,5)6)28-21-22-40-36(25-28)42-37(17-12-20-41(42)47-40)45-32-13-11-14-33(27-32)46-38-18-9-7-15-34(38)35-16-8-10-19-39(35)46/h7-27,45H,1-6H3/i7D,8D,9D,10D,15D,16D,18D,19D. The van der Waals surface area contributed by atoms with Crippen molar-refractivity contribution in [3.63, 3.8) is 0 Å². The average molecular weight is 621 g/mol. The Morgan fingerprint density at radius 1 is 0.596 bits per heavy atom. The Bertz CT molecular complexity index is 2800. The van der Waals surface area contributed by atoms with Crippen molar-refractivity contribution in [2.45, 2.75) is 52.4 Å². The maximum atomic E-state index is 8.89. The number of benzene rings is 6. The summed E-state index contributed by atoms with van der Waals surface area (Å²) in [5.74, 6) is 0. The number of furan rings is 1. The van der Waals surface area contributed by atoms with Crippen LogP contribution in [0.25, 0.3) is 60.6 Å². The first-order chi connectivity index (χ1) is 25.9. The Kier molecular flexibility index (Phi) is 4.87. The lowest BCUT2D eigenvalue weighted by molar-refractivity contribution is 0.569. The molecule has 6 aromatic carbocycles. The number of rotatable bonds is 4. The zero-order valence-corrected chi connectivity index (χ0v) is 27.4. The monoisotopic (exact) mass is 620 g/mol. The van der Waals surface area contributed by atoms with Gasteiger partial charge in [0.05, 0.1) is 33.1 Å². The molecule has 2 aromatic heterocycles. The Labute approximate surface area is 287 Å². The molecule has 232 valence electrons. The molecule has 0 amide bonds. The third-order valence-corrected chi connectivity index (χ3v) is 8.91. The van der Waals surface area contributed by atoms with Gasteiger partial charge in [-0.25, -0.2) is 0 Å². The van der Waals surface area contributed by atoms with Gasteiger partial charge in [-0.3, -0.25) is 0 Å². The first-order valence-corrected chi connectivity index (χ1v) is 15.9. The van der Waals surface area contributed by atoms with E-state index in [1.165, 1.54) is 15.7 Å². The van der Waals surface area contributed by atoms with Crippen molar-refractivity contribution in [2.24, 2.45) is 0 Å². The topological polar surface area (TPSA) is 30.1 Å². The molecular weight excluding hydrogens is 572 g/mol. The minimum absolute atomic E-state index is 0.0348. The molecule has 0 aliphatic carbocycles. The van der Waals surface area contributed by atoms with E-state index in [2.05, 4.69) is 77.2 Å². The van der Waals surface area contributed by atoms with Crippen molar-refractivity contribution in [3.8, 4) is 16.8 Å². The summed E-state index contributed by atoms with van der Waals surface area (Å²) in [7, 11) is 0. The fourth-order valence-electron chi connectivity index (χ4n) is 6.33. The third-order valence-electron chi connectivity index (χ3n) is 8.91. The van der Waals surface area contributed by atoms with Crippen molar-refractivity contribution in [3.05, 3.63) is 138 Å². The molecule has 0 saturated carbocycles. The Balaban J connectivity index is 1.30. The van der Waals surface area contributed by atoms with Crippen LogP contribution in [0.4, 0.5) is 11.4 Å². The molecule has 8 aromatic rings. The van der Waals surface area contributed by atoms with Gasteiger partial charge >= 0.3 is 0 Å². The van der Waals surface area contributed by atoms with Crippen LogP contribution >= 0.6 is 0 Å². The summed E-state index contributed by atoms with van der Waals surface area (Å²) in [6, 6.07) is 23.0. The molecule has 8 rings (SSSR count). The highest BCUT2D eigenvalue weighted by Crippen LogP contribution is 2.40. The molecule has 0 atom stereocenters. The second-order valence-electron chi connectivity index (χ2n) is 14.2. The highest BCUT2D eigenvalue weighted by atomic mass is 16.3. The third kappa shape index (κ3) is 5.07. The molecule has 3 nitrogen and oxygen atoms in total. The van der Waals surface area contributed by atoms with Gasteiger partial charge in [0.1, 0.15) is 11.2 Å². The Morgan fingerprint density at radius 2 is 1.23 bits per heavy atom. The van der Waals surface area contributed by atoms with E-state index in [0.29, 0.717) is 17.0 Å². The van der Waals surface area contributed by atoms with E-state index in [-0.39, 0.29) is 56.8 Å². The molecule has 47 heavy (non-hydrogen) atoms. The molecule has 0 fully saturated rings. The average Bonchev–Trinajstić information content (AvgIpc) is 3.71. The largest absolute Gasteiger partial charge is 0.456 e. The molecule has 3 heteroatoms. The second kappa shape index (κ2) is 10.6. The first kappa shape index (κ1) is 21.5. The van der Waals surface area contributed by atoms with Crippen LogP contribution in [0.2, 0.25) is 0 Å². The van der Waals surface area contributed by atoms with Gasteiger partial charge in [-0.15, -0.1) is 0 Å². The Hall–Kier alpha value is -5.28. The first-order valence-electron chi connectivity index (χ1n) is 19.9. The summed E-state index contributed by atoms with van der Waals surface area (Å²) in [6.45, 7) is 13.4. The number of nitrogens with one attached hydrogen (secondary N) is 1. The van der Waals surface area contributed by atoms with Crippen LogP contribution in [0, 0.1) is 0 Å². The summed E-state index contributed by atoms with van der Waals surface area (Å²) < 4.78 is 76.8. The van der Waals surface area contributed by atoms with Gasteiger partial charge in [-0.05, 0) is 87.6 Å². The molecule has 0 aliphatic rings. The lowest BCUT2D eigenvalue weighted by atomic mass is 9.79. The van der Waals surface area contributed by atoms with E-state index in [9.17, 15) is 0 Å². The SMILES string of the molecule is [2H]c1c([2H])c([2H])c2c(c1[2H])c1c([2H])c([2H])c([2H])c([2H])c1n2-c1cccc(Nc2cccc3oc4ccc(-c5cc(C(C)(C)C)cc(C(C)(C)C)c5)cc4c23)c1. The van der Waals surface area contributed by atoms with Gasteiger partial charge in [0.15, 0.2) is 0 Å². The van der Waals surface area contributed by atoms with Gasteiger partial charge in [0, 0.05) is 27.5 Å².